The third kappa shape index (κ3) is 4.64. The Morgan fingerprint density at radius 1 is 1.12 bits per heavy atom. The summed E-state index contributed by atoms with van der Waals surface area (Å²) in [5.74, 6) is 1.01. The normalized spacial score (nSPS) is 22.2. The van der Waals surface area contributed by atoms with Crippen molar-refractivity contribution in [3.63, 3.8) is 0 Å². The van der Waals surface area contributed by atoms with Crippen LogP contribution in [0.5, 0.6) is 0 Å². The minimum absolute atomic E-state index is 0.0596. The highest BCUT2D eigenvalue weighted by Crippen LogP contribution is 2.42. The van der Waals surface area contributed by atoms with Gasteiger partial charge in [0.2, 0.25) is 5.91 Å². The zero-order chi connectivity index (χ0) is 17.6. The first kappa shape index (κ1) is 19.1. The first-order chi connectivity index (χ1) is 11.4. The van der Waals surface area contributed by atoms with Crippen molar-refractivity contribution in [3.05, 3.63) is 0 Å². The Morgan fingerprint density at radius 2 is 1.75 bits per heavy atom. The van der Waals surface area contributed by atoms with Gasteiger partial charge in [-0.2, -0.15) is 0 Å². The van der Waals surface area contributed by atoms with Crippen LogP contribution in [0.3, 0.4) is 0 Å². The summed E-state index contributed by atoms with van der Waals surface area (Å²) in [6, 6.07) is 0. The quantitative estimate of drug-likeness (QED) is 0.615. The van der Waals surface area contributed by atoms with E-state index in [1.54, 1.807) is 7.05 Å². The lowest BCUT2D eigenvalue weighted by Gasteiger charge is -2.44. The number of likely N-dealkylation sites (tertiary alicyclic amines) is 1. The smallest absolute Gasteiger partial charge is 0.227 e. The van der Waals surface area contributed by atoms with Crippen LogP contribution in [0.25, 0.3) is 0 Å². The van der Waals surface area contributed by atoms with E-state index in [0.717, 1.165) is 19.0 Å². The fraction of sp³-hybridized carbons (Fsp3) is 0.895. The number of piperidine rings is 1. The average molecular weight is 337 g/mol. The van der Waals surface area contributed by atoms with Crippen molar-refractivity contribution in [2.45, 2.75) is 65.2 Å². The zero-order valence-corrected chi connectivity index (χ0v) is 16.1. The molecule has 0 unspecified atom stereocenters. The van der Waals surface area contributed by atoms with Gasteiger partial charge in [-0.1, -0.05) is 25.7 Å². The average Bonchev–Trinajstić information content (AvgIpc) is 2.80. The van der Waals surface area contributed by atoms with Gasteiger partial charge in [0, 0.05) is 33.7 Å². The summed E-state index contributed by atoms with van der Waals surface area (Å²) in [4.78, 5) is 18.9. The van der Waals surface area contributed by atoms with E-state index in [-0.39, 0.29) is 5.91 Å². The molecule has 2 rings (SSSR count). The van der Waals surface area contributed by atoms with Gasteiger partial charge < -0.3 is 15.5 Å². The molecular weight excluding hydrogens is 300 g/mol. The molecule has 1 saturated heterocycles. The van der Waals surface area contributed by atoms with Crippen LogP contribution in [0.15, 0.2) is 4.99 Å². The number of amides is 1. The molecular formula is C19H36N4O. The summed E-state index contributed by atoms with van der Waals surface area (Å²) in [6.07, 6.45) is 10.9. The third-order valence-corrected chi connectivity index (χ3v) is 5.87. The maximum atomic E-state index is 12.0. The van der Waals surface area contributed by atoms with Crippen LogP contribution in [0.1, 0.15) is 65.2 Å². The van der Waals surface area contributed by atoms with Gasteiger partial charge in [-0.15, -0.1) is 0 Å². The molecule has 5 nitrogen and oxygen atoms in total. The Bertz CT molecular complexity index is 450. The van der Waals surface area contributed by atoms with Gasteiger partial charge in [0.05, 0.1) is 5.41 Å². The van der Waals surface area contributed by atoms with Gasteiger partial charge in [-0.05, 0) is 44.9 Å². The van der Waals surface area contributed by atoms with Gasteiger partial charge >= 0.3 is 0 Å². The first-order valence-electron chi connectivity index (χ1n) is 9.60. The topological polar surface area (TPSA) is 56.7 Å². The van der Waals surface area contributed by atoms with E-state index in [4.69, 9.17) is 0 Å². The Hall–Kier alpha value is -1.26. The lowest BCUT2D eigenvalue weighted by Crippen LogP contribution is -2.53. The molecule has 2 N–H and O–H groups in total. The summed E-state index contributed by atoms with van der Waals surface area (Å²) < 4.78 is 0. The highest BCUT2D eigenvalue weighted by Gasteiger charge is 2.37. The Balaban J connectivity index is 1.98. The van der Waals surface area contributed by atoms with E-state index in [1.165, 1.54) is 51.4 Å². The van der Waals surface area contributed by atoms with E-state index in [0.29, 0.717) is 12.0 Å². The van der Waals surface area contributed by atoms with Gasteiger partial charge in [-0.25, -0.2) is 0 Å². The number of carbonyl (C=O) groups excluding carboxylic acids is 1. The number of rotatable bonds is 3. The van der Waals surface area contributed by atoms with Gasteiger partial charge in [0.15, 0.2) is 5.96 Å². The summed E-state index contributed by atoms with van der Waals surface area (Å²) in [6.45, 7) is 6.72. The van der Waals surface area contributed by atoms with Crippen LogP contribution in [-0.2, 0) is 4.79 Å². The van der Waals surface area contributed by atoms with Gasteiger partial charge in [0.1, 0.15) is 0 Å². The Morgan fingerprint density at radius 3 is 2.33 bits per heavy atom. The number of nitrogens with zero attached hydrogens (tertiary/aromatic N) is 2. The molecule has 0 aromatic heterocycles. The molecule has 0 atom stereocenters. The minimum atomic E-state index is -0.444. The lowest BCUT2D eigenvalue weighted by molar-refractivity contribution is -0.128. The predicted molar refractivity (Wildman–Crippen MR) is 100 cm³/mol. The standard InChI is InChI=1S/C19H36N4O/c1-18(2,16(24)20-3)14-22-17(21-4)23-13-9-12-19(15-23)10-7-5-6-8-11-19/h5-15H2,1-4H3,(H,20,24)(H,21,22). The van der Waals surface area contributed by atoms with Crippen LogP contribution < -0.4 is 10.6 Å². The van der Waals surface area contributed by atoms with Crippen LogP contribution >= 0.6 is 0 Å². The van der Waals surface area contributed by atoms with Gasteiger partial charge in [0.25, 0.3) is 0 Å². The number of carbonyl (C=O) groups is 1. The fourth-order valence-electron chi connectivity index (χ4n) is 4.33. The highest BCUT2D eigenvalue weighted by molar-refractivity contribution is 5.84. The molecule has 0 bridgehead atoms. The summed E-state index contributed by atoms with van der Waals surface area (Å²) >= 11 is 0. The number of hydrogen-bond acceptors (Lipinski definition) is 2. The number of nitrogens with one attached hydrogen (secondary N) is 2. The van der Waals surface area contributed by atoms with Gasteiger partial charge in [-0.3, -0.25) is 9.79 Å². The monoisotopic (exact) mass is 336 g/mol. The molecule has 24 heavy (non-hydrogen) atoms. The molecule has 0 aromatic rings. The Labute approximate surface area is 147 Å². The Kier molecular flexibility index (Phi) is 6.53. The number of aliphatic imine (C=N–C) groups is 1. The van der Waals surface area contributed by atoms with E-state index < -0.39 is 5.41 Å². The SMILES string of the molecule is CN=C(NCC(C)(C)C(=O)NC)N1CCCC2(CCCCCC2)C1. The van der Waals surface area contributed by atoms with Crippen LogP contribution in [0.4, 0.5) is 0 Å². The molecule has 5 heteroatoms. The molecule has 1 aliphatic carbocycles. The van der Waals surface area contributed by atoms with Crippen molar-refractivity contribution in [2.24, 2.45) is 15.8 Å². The number of hydrogen-bond donors (Lipinski definition) is 2. The fourth-order valence-corrected chi connectivity index (χ4v) is 4.33. The second-order valence-corrected chi connectivity index (χ2v) is 8.30. The molecule has 1 saturated carbocycles. The summed E-state index contributed by atoms with van der Waals surface area (Å²) in [7, 11) is 3.54. The van der Waals surface area contributed by atoms with E-state index in [9.17, 15) is 4.79 Å². The van der Waals surface area contributed by atoms with E-state index in [2.05, 4.69) is 20.5 Å². The molecule has 0 radical (unpaired) electrons. The van der Waals surface area contributed by atoms with Crippen molar-refractivity contribution in [1.82, 2.24) is 15.5 Å². The molecule has 2 aliphatic rings. The first-order valence-corrected chi connectivity index (χ1v) is 9.60. The largest absolute Gasteiger partial charge is 0.359 e. The van der Waals surface area contributed by atoms with Crippen molar-refractivity contribution in [2.75, 3.05) is 33.7 Å². The maximum absolute atomic E-state index is 12.0. The molecule has 0 aromatic carbocycles. The summed E-state index contributed by atoms with van der Waals surface area (Å²) in [5, 5.41) is 6.19. The van der Waals surface area contributed by atoms with Crippen LogP contribution in [-0.4, -0.2) is 50.5 Å². The lowest BCUT2D eigenvalue weighted by atomic mass is 9.74. The van der Waals surface area contributed by atoms with Crippen molar-refractivity contribution in [1.29, 1.82) is 0 Å². The minimum Gasteiger partial charge on any atom is -0.359 e. The highest BCUT2D eigenvalue weighted by atomic mass is 16.2. The van der Waals surface area contributed by atoms with Crippen molar-refractivity contribution >= 4 is 11.9 Å². The molecule has 1 amide bonds. The molecule has 1 spiro atoms. The summed E-state index contributed by atoms with van der Waals surface area (Å²) in [5.41, 5.74) is 0.0448. The molecule has 138 valence electrons. The zero-order valence-electron chi connectivity index (χ0n) is 16.1. The molecule has 1 aliphatic heterocycles. The predicted octanol–water partition coefficient (Wildman–Crippen LogP) is 2.77. The number of guanidine groups is 1. The second-order valence-electron chi connectivity index (χ2n) is 8.30. The maximum Gasteiger partial charge on any atom is 0.227 e. The third-order valence-electron chi connectivity index (χ3n) is 5.87. The van der Waals surface area contributed by atoms with Crippen LogP contribution in [0.2, 0.25) is 0 Å². The second kappa shape index (κ2) is 8.21. The van der Waals surface area contributed by atoms with Crippen molar-refractivity contribution in [3.8, 4) is 0 Å². The van der Waals surface area contributed by atoms with Crippen molar-refractivity contribution < 1.29 is 4.79 Å². The molecule has 1 heterocycles. The molecule has 2 fully saturated rings. The van der Waals surface area contributed by atoms with Crippen LogP contribution in [0, 0.1) is 10.8 Å². The van der Waals surface area contributed by atoms with E-state index >= 15 is 0 Å². The van der Waals surface area contributed by atoms with E-state index in [1.807, 2.05) is 20.9 Å².